The second-order valence-electron chi connectivity index (χ2n) is 2.74. The fraction of sp³-hybridized carbons (Fsp3) is 0.333. The van der Waals surface area contributed by atoms with Gasteiger partial charge < -0.3 is 5.73 Å². The lowest BCUT2D eigenvalue weighted by atomic mass is 10.1. The first-order valence-corrected chi connectivity index (χ1v) is 4.16. The highest BCUT2D eigenvalue weighted by molar-refractivity contribution is 6.30. The van der Waals surface area contributed by atoms with E-state index in [2.05, 4.69) is 0 Å². The molecule has 0 heterocycles. The van der Waals surface area contributed by atoms with Gasteiger partial charge in [-0.3, -0.25) is 0 Å². The predicted molar refractivity (Wildman–Crippen MR) is 49.1 cm³/mol. The van der Waals surface area contributed by atoms with Crippen molar-refractivity contribution >= 4 is 11.6 Å². The summed E-state index contributed by atoms with van der Waals surface area (Å²) >= 11 is 5.68. The normalized spacial score (nSPS) is 12.9. The van der Waals surface area contributed by atoms with Gasteiger partial charge in [0.15, 0.2) is 0 Å². The monoisotopic (exact) mass is 187 g/mol. The van der Waals surface area contributed by atoms with Crippen molar-refractivity contribution in [3.05, 3.63) is 34.9 Å². The summed E-state index contributed by atoms with van der Waals surface area (Å²) in [6, 6.07) is 6.88. The van der Waals surface area contributed by atoms with Gasteiger partial charge in [-0.1, -0.05) is 23.7 Å². The first-order valence-electron chi connectivity index (χ1n) is 3.78. The highest BCUT2D eigenvalue weighted by Gasteiger charge is 2.02. The number of hydrogen-bond acceptors (Lipinski definition) is 1. The van der Waals surface area contributed by atoms with Gasteiger partial charge >= 0.3 is 0 Å². The molecule has 0 aliphatic rings. The minimum Gasteiger partial charge on any atom is -0.325 e. The first-order chi connectivity index (χ1) is 5.72. The smallest absolute Gasteiger partial charge is 0.105 e. The second kappa shape index (κ2) is 4.43. The fourth-order valence-corrected chi connectivity index (χ4v) is 1.10. The van der Waals surface area contributed by atoms with Crippen LogP contribution in [0.3, 0.4) is 0 Å². The summed E-state index contributed by atoms with van der Waals surface area (Å²) in [7, 11) is 0. The summed E-state index contributed by atoms with van der Waals surface area (Å²) in [6.45, 7) is -0.484. The van der Waals surface area contributed by atoms with Gasteiger partial charge in [-0.15, -0.1) is 0 Å². The minimum atomic E-state index is -0.484. The molecule has 0 saturated carbocycles. The van der Waals surface area contributed by atoms with Gasteiger partial charge in [-0.2, -0.15) is 0 Å². The molecule has 0 aromatic heterocycles. The van der Waals surface area contributed by atoms with Crippen molar-refractivity contribution in [1.29, 1.82) is 0 Å². The van der Waals surface area contributed by atoms with E-state index >= 15 is 0 Å². The third-order valence-electron chi connectivity index (χ3n) is 1.61. The Morgan fingerprint density at radius 1 is 1.33 bits per heavy atom. The standard InChI is InChI=1S/C9H11ClFN/c10-8-3-1-7(2-4-8)5-9(12)6-11/h1-4,9H,5-6,12H2/t9-/m1/s1. The molecule has 66 valence electrons. The summed E-state index contributed by atoms with van der Waals surface area (Å²) in [6.07, 6.45) is 0.563. The number of halogens is 2. The maximum Gasteiger partial charge on any atom is 0.105 e. The van der Waals surface area contributed by atoms with Crippen LogP contribution in [0.5, 0.6) is 0 Å². The maximum atomic E-state index is 12.0. The van der Waals surface area contributed by atoms with E-state index in [0.29, 0.717) is 11.4 Å². The SMILES string of the molecule is N[C@@H](CF)Cc1ccc(Cl)cc1. The van der Waals surface area contributed by atoms with Gasteiger partial charge in [-0.25, -0.2) is 4.39 Å². The van der Waals surface area contributed by atoms with Crippen molar-refractivity contribution in [1.82, 2.24) is 0 Å². The zero-order valence-electron chi connectivity index (χ0n) is 6.63. The van der Waals surface area contributed by atoms with Gasteiger partial charge in [-0.05, 0) is 24.1 Å². The Morgan fingerprint density at radius 3 is 2.42 bits per heavy atom. The third kappa shape index (κ3) is 2.80. The minimum absolute atomic E-state index is 0.397. The van der Waals surface area contributed by atoms with Gasteiger partial charge in [0, 0.05) is 11.1 Å². The molecular weight excluding hydrogens is 177 g/mol. The summed E-state index contributed by atoms with van der Waals surface area (Å²) < 4.78 is 12.0. The summed E-state index contributed by atoms with van der Waals surface area (Å²) in [5.74, 6) is 0. The van der Waals surface area contributed by atoms with Gasteiger partial charge in [0.05, 0.1) is 0 Å². The van der Waals surface area contributed by atoms with Crippen molar-refractivity contribution in [3.63, 3.8) is 0 Å². The lowest BCUT2D eigenvalue weighted by Crippen LogP contribution is -2.24. The van der Waals surface area contributed by atoms with E-state index in [1.165, 1.54) is 0 Å². The molecular formula is C9H11ClFN. The quantitative estimate of drug-likeness (QED) is 0.772. The Kier molecular flexibility index (Phi) is 3.50. The Hall–Kier alpha value is -0.600. The van der Waals surface area contributed by atoms with Crippen molar-refractivity contribution in [2.75, 3.05) is 6.67 Å². The maximum absolute atomic E-state index is 12.0. The molecule has 1 aromatic carbocycles. The van der Waals surface area contributed by atoms with Crippen LogP contribution >= 0.6 is 11.6 Å². The molecule has 0 radical (unpaired) electrons. The molecule has 1 nitrogen and oxygen atoms in total. The van der Waals surface area contributed by atoms with Crippen molar-refractivity contribution in [3.8, 4) is 0 Å². The third-order valence-corrected chi connectivity index (χ3v) is 1.86. The van der Waals surface area contributed by atoms with Crippen LogP contribution in [0.15, 0.2) is 24.3 Å². The first kappa shape index (κ1) is 9.49. The molecule has 0 aliphatic heterocycles. The molecule has 3 heteroatoms. The number of rotatable bonds is 3. The van der Waals surface area contributed by atoms with Gasteiger partial charge in [0.25, 0.3) is 0 Å². The topological polar surface area (TPSA) is 26.0 Å². The Bertz CT molecular complexity index is 235. The summed E-state index contributed by atoms with van der Waals surface area (Å²) in [5.41, 5.74) is 6.45. The lowest BCUT2D eigenvalue weighted by molar-refractivity contribution is 0.427. The predicted octanol–water partition coefficient (Wildman–Crippen LogP) is 2.18. The molecule has 0 aliphatic carbocycles. The van der Waals surface area contributed by atoms with E-state index in [1.54, 1.807) is 12.1 Å². The van der Waals surface area contributed by atoms with Crippen LogP contribution < -0.4 is 5.73 Å². The van der Waals surface area contributed by atoms with Crippen molar-refractivity contribution in [2.24, 2.45) is 5.73 Å². The molecule has 1 aromatic rings. The fourth-order valence-electron chi connectivity index (χ4n) is 0.978. The van der Waals surface area contributed by atoms with Crippen LogP contribution in [0, 0.1) is 0 Å². The molecule has 0 bridgehead atoms. The van der Waals surface area contributed by atoms with Crippen LogP contribution in [-0.4, -0.2) is 12.7 Å². The zero-order chi connectivity index (χ0) is 8.97. The molecule has 2 N–H and O–H groups in total. The van der Waals surface area contributed by atoms with Gasteiger partial charge in [0.2, 0.25) is 0 Å². The number of nitrogens with two attached hydrogens (primary N) is 1. The van der Waals surface area contributed by atoms with Crippen molar-refractivity contribution < 1.29 is 4.39 Å². The largest absolute Gasteiger partial charge is 0.325 e. The van der Waals surface area contributed by atoms with Crippen LogP contribution in [0.2, 0.25) is 5.02 Å². The zero-order valence-corrected chi connectivity index (χ0v) is 7.39. The van der Waals surface area contributed by atoms with E-state index in [1.807, 2.05) is 12.1 Å². The molecule has 1 atom stereocenters. The van der Waals surface area contributed by atoms with E-state index in [0.717, 1.165) is 5.56 Å². The van der Waals surface area contributed by atoms with Crippen LogP contribution in [0.1, 0.15) is 5.56 Å². The number of hydrogen-bond donors (Lipinski definition) is 1. The van der Waals surface area contributed by atoms with E-state index in [4.69, 9.17) is 17.3 Å². The Morgan fingerprint density at radius 2 is 1.92 bits per heavy atom. The van der Waals surface area contributed by atoms with E-state index in [9.17, 15) is 4.39 Å². The summed E-state index contributed by atoms with van der Waals surface area (Å²) in [5, 5.41) is 0.688. The van der Waals surface area contributed by atoms with Crippen molar-refractivity contribution in [2.45, 2.75) is 12.5 Å². The molecule has 0 fully saturated rings. The number of benzene rings is 1. The van der Waals surface area contributed by atoms with E-state index < -0.39 is 12.7 Å². The molecule has 12 heavy (non-hydrogen) atoms. The average Bonchev–Trinajstić information content (AvgIpc) is 2.09. The highest BCUT2D eigenvalue weighted by atomic mass is 35.5. The lowest BCUT2D eigenvalue weighted by Gasteiger charge is -2.06. The second-order valence-corrected chi connectivity index (χ2v) is 3.18. The summed E-state index contributed by atoms with van der Waals surface area (Å²) in [4.78, 5) is 0. The average molecular weight is 188 g/mol. The molecule has 0 saturated heterocycles. The van der Waals surface area contributed by atoms with Crippen LogP contribution in [0.4, 0.5) is 4.39 Å². The number of alkyl halides is 1. The van der Waals surface area contributed by atoms with Gasteiger partial charge in [0.1, 0.15) is 6.67 Å². The Labute approximate surface area is 76.3 Å². The molecule has 0 unspecified atom stereocenters. The molecule has 0 spiro atoms. The van der Waals surface area contributed by atoms with E-state index in [-0.39, 0.29) is 0 Å². The highest BCUT2D eigenvalue weighted by Crippen LogP contribution is 2.10. The molecule has 0 amide bonds. The Balaban J connectivity index is 2.58. The molecule has 1 rings (SSSR count). The van der Waals surface area contributed by atoms with Crippen LogP contribution in [0.25, 0.3) is 0 Å². The van der Waals surface area contributed by atoms with Crippen LogP contribution in [-0.2, 0) is 6.42 Å².